The molecule has 6 heteroatoms. The first-order valence-electron chi connectivity index (χ1n) is 9.76. The molecule has 0 radical (unpaired) electrons. The van der Waals surface area contributed by atoms with Gasteiger partial charge in [0.2, 0.25) is 11.8 Å². The number of allylic oxidation sites excluding steroid dienone is 2. The lowest BCUT2D eigenvalue weighted by atomic mass is 9.85. The third kappa shape index (κ3) is 3.48. The average Bonchev–Trinajstić information content (AvgIpc) is 3.35. The number of carbonyl (C=O) groups excluding carboxylic acids is 2. The normalized spacial score (nSPS) is 28.9. The summed E-state index contributed by atoms with van der Waals surface area (Å²) in [6.07, 6.45) is 6.73. The molecule has 142 valence electrons. The van der Waals surface area contributed by atoms with Crippen LogP contribution in [0.5, 0.6) is 0 Å². The number of amides is 2. The van der Waals surface area contributed by atoms with Crippen molar-refractivity contribution in [1.29, 1.82) is 0 Å². The van der Waals surface area contributed by atoms with Gasteiger partial charge in [-0.3, -0.25) is 19.5 Å². The van der Waals surface area contributed by atoms with Crippen LogP contribution in [0.25, 0.3) is 0 Å². The van der Waals surface area contributed by atoms with Crippen LogP contribution in [0.2, 0.25) is 0 Å². The first-order chi connectivity index (χ1) is 13.1. The Bertz CT molecular complexity index is 744. The Morgan fingerprint density at radius 2 is 1.78 bits per heavy atom. The molecule has 4 atom stereocenters. The molecule has 0 aromatic heterocycles. The van der Waals surface area contributed by atoms with Gasteiger partial charge in [-0.05, 0) is 36.7 Å². The van der Waals surface area contributed by atoms with Gasteiger partial charge in [0.05, 0.1) is 11.8 Å². The van der Waals surface area contributed by atoms with Crippen LogP contribution in [0.15, 0.2) is 47.5 Å². The number of likely N-dealkylation sites (tertiary alicyclic amines) is 1. The number of hydrogen-bond acceptors (Lipinski definition) is 3. The Balaban J connectivity index is 1.19. The molecule has 2 fully saturated rings. The van der Waals surface area contributed by atoms with E-state index in [1.54, 1.807) is 0 Å². The van der Waals surface area contributed by atoms with Crippen LogP contribution in [0, 0.1) is 23.7 Å². The molecule has 2 amide bonds. The van der Waals surface area contributed by atoms with E-state index in [-0.39, 0.29) is 35.5 Å². The number of guanidine groups is 1. The van der Waals surface area contributed by atoms with Gasteiger partial charge in [-0.25, -0.2) is 0 Å². The molecule has 27 heavy (non-hydrogen) atoms. The van der Waals surface area contributed by atoms with Crippen molar-refractivity contribution in [3.8, 4) is 0 Å². The second-order valence-corrected chi connectivity index (χ2v) is 7.61. The van der Waals surface area contributed by atoms with Gasteiger partial charge in [0, 0.05) is 19.6 Å². The van der Waals surface area contributed by atoms with Crippen molar-refractivity contribution < 1.29 is 9.59 Å². The fraction of sp³-hybridized carbons (Fsp3) is 0.476. The van der Waals surface area contributed by atoms with Crippen LogP contribution in [-0.2, 0) is 16.0 Å². The summed E-state index contributed by atoms with van der Waals surface area (Å²) in [5.41, 5.74) is 7.14. The van der Waals surface area contributed by atoms with E-state index in [1.165, 1.54) is 10.5 Å². The number of nitrogens with zero attached hydrogens (tertiary/aromatic N) is 2. The van der Waals surface area contributed by atoms with Crippen molar-refractivity contribution in [1.82, 2.24) is 10.2 Å². The molecule has 1 aromatic rings. The SMILES string of the molecule is NC(=NCCCN1C(=O)C2C3C=CC(C3)C2C1=O)NCCc1ccccc1. The summed E-state index contributed by atoms with van der Waals surface area (Å²) in [6.45, 7) is 1.66. The molecule has 4 rings (SSSR count). The van der Waals surface area contributed by atoms with E-state index in [0.29, 0.717) is 25.5 Å². The molecule has 1 aliphatic heterocycles. The molecule has 2 bridgehead atoms. The van der Waals surface area contributed by atoms with Crippen LogP contribution < -0.4 is 11.1 Å². The molecule has 1 aromatic carbocycles. The van der Waals surface area contributed by atoms with Crippen LogP contribution in [-0.4, -0.2) is 42.3 Å². The number of nitrogens with one attached hydrogen (secondary N) is 1. The first kappa shape index (κ1) is 17.8. The summed E-state index contributed by atoms with van der Waals surface area (Å²) >= 11 is 0. The van der Waals surface area contributed by atoms with Gasteiger partial charge in [-0.15, -0.1) is 0 Å². The summed E-state index contributed by atoms with van der Waals surface area (Å²) < 4.78 is 0. The minimum atomic E-state index is -0.110. The Morgan fingerprint density at radius 3 is 2.44 bits per heavy atom. The van der Waals surface area contributed by atoms with E-state index in [9.17, 15) is 9.59 Å². The molecule has 6 nitrogen and oxygen atoms in total. The van der Waals surface area contributed by atoms with E-state index in [1.807, 2.05) is 18.2 Å². The standard InChI is InChI=1S/C21H26N4O2/c22-21(24-11-9-14-5-2-1-3-6-14)23-10-4-12-25-19(26)17-15-7-8-16(13-15)18(17)20(25)27/h1-3,5-8,15-18H,4,9-13H2,(H3,22,23,24). The van der Waals surface area contributed by atoms with E-state index in [4.69, 9.17) is 5.73 Å². The molecule has 0 spiro atoms. The van der Waals surface area contributed by atoms with E-state index in [0.717, 1.165) is 19.4 Å². The molecular weight excluding hydrogens is 340 g/mol. The minimum Gasteiger partial charge on any atom is -0.370 e. The Kier molecular flexibility index (Phi) is 4.97. The molecule has 3 N–H and O–H groups in total. The first-order valence-corrected chi connectivity index (χ1v) is 9.76. The molecular formula is C21H26N4O2. The summed E-state index contributed by atoms with van der Waals surface area (Å²) in [4.78, 5) is 30.9. The lowest BCUT2D eigenvalue weighted by Gasteiger charge is -2.16. The highest BCUT2D eigenvalue weighted by molar-refractivity contribution is 6.06. The zero-order valence-electron chi connectivity index (χ0n) is 15.4. The zero-order valence-corrected chi connectivity index (χ0v) is 15.4. The number of rotatable bonds is 7. The van der Waals surface area contributed by atoms with Crippen LogP contribution in [0.1, 0.15) is 18.4 Å². The second-order valence-electron chi connectivity index (χ2n) is 7.61. The highest BCUT2D eigenvalue weighted by Gasteiger charge is 2.58. The topological polar surface area (TPSA) is 87.8 Å². The van der Waals surface area contributed by atoms with Crippen molar-refractivity contribution in [2.24, 2.45) is 34.4 Å². The predicted octanol–water partition coefficient (Wildman–Crippen LogP) is 1.33. The fourth-order valence-electron chi connectivity index (χ4n) is 4.65. The van der Waals surface area contributed by atoms with Crippen LogP contribution in [0.3, 0.4) is 0 Å². The van der Waals surface area contributed by atoms with Gasteiger partial charge < -0.3 is 11.1 Å². The van der Waals surface area contributed by atoms with Gasteiger partial charge in [0.25, 0.3) is 0 Å². The van der Waals surface area contributed by atoms with Crippen molar-refractivity contribution in [2.75, 3.05) is 19.6 Å². The number of imide groups is 1. The number of hydrogen-bond donors (Lipinski definition) is 2. The Hall–Kier alpha value is -2.63. The maximum atomic E-state index is 12.6. The second kappa shape index (κ2) is 7.55. The number of nitrogens with two attached hydrogens (primary N) is 1. The molecule has 4 unspecified atom stereocenters. The third-order valence-corrected chi connectivity index (χ3v) is 5.95. The Morgan fingerprint density at radius 1 is 1.11 bits per heavy atom. The summed E-state index contributed by atoms with van der Waals surface area (Å²) in [5.74, 6) is 0.748. The zero-order chi connectivity index (χ0) is 18.8. The van der Waals surface area contributed by atoms with E-state index < -0.39 is 0 Å². The van der Waals surface area contributed by atoms with Gasteiger partial charge in [0.15, 0.2) is 5.96 Å². The maximum absolute atomic E-state index is 12.6. The van der Waals surface area contributed by atoms with Gasteiger partial charge >= 0.3 is 0 Å². The number of carbonyl (C=O) groups is 2. The maximum Gasteiger partial charge on any atom is 0.233 e. The molecule has 1 heterocycles. The molecule has 1 saturated carbocycles. The number of benzene rings is 1. The van der Waals surface area contributed by atoms with Gasteiger partial charge in [-0.1, -0.05) is 42.5 Å². The van der Waals surface area contributed by atoms with Gasteiger partial charge in [-0.2, -0.15) is 0 Å². The van der Waals surface area contributed by atoms with Gasteiger partial charge in [0.1, 0.15) is 0 Å². The summed E-state index contributed by atoms with van der Waals surface area (Å²) in [5, 5.41) is 3.10. The number of aliphatic imine (C=N–C) groups is 1. The van der Waals surface area contributed by atoms with Crippen molar-refractivity contribution in [3.05, 3.63) is 48.0 Å². The molecule has 1 saturated heterocycles. The molecule has 3 aliphatic rings. The lowest BCUT2D eigenvalue weighted by Crippen LogP contribution is -2.35. The lowest BCUT2D eigenvalue weighted by molar-refractivity contribution is -0.140. The largest absolute Gasteiger partial charge is 0.370 e. The highest BCUT2D eigenvalue weighted by Crippen LogP contribution is 2.52. The van der Waals surface area contributed by atoms with Crippen LogP contribution >= 0.6 is 0 Å². The monoisotopic (exact) mass is 366 g/mol. The predicted molar refractivity (Wildman–Crippen MR) is 104 cm³/mol. The average molecular weight is 366 g/mol. The van der Waals surface area contributed by atoms with E-state index >= 15 is 0 Å². The summed E-state index contributed by atoms with van der Waals surface area (Å²) in [7, 11) is 0. The minimum absolute atomic E-state index is 0.0137. The van der Waals surface area contributed by atoms with E-state index in [2.05, 4.69) is 34.6 Å². The summed E-state index contributed by atoms with van der Waals surface area (Å²) in [6, 6.07) is 10.2. The number of fused-ring (bicyclic) bond motifs is 5. The van der Waals surface area contributed by atoms with Crippen molar-refractivity contribution in [2.45, 2.75) is 19.3 Å². The quantitative estimate of drug-likeness (QED) is 0.251. The highest BCUT2D eigenvalue weighted by atomic mass is 16.2. The van der Waals surface area contributed by atoms with Crippen molar-refractivity contribution >= 4 is 17.8 Å². The van der Waals surface area contributed by atoms with Crippen LogP contribution in [0.4, 0.5) is 0 Å². The Labute approximate surface area is 159 Å². The smallest absolute Gasteiger partial charge is 0.233 e. The van der Waals surface area contributed by atoms with Crippen molar-refractivity contribution in [3.63, 3.8) is 0 Å². The molecule has 2 aliphatic carbocycles. The fourth-order valence-corrected chi connectivity index (χ4v) is 4.65. The third-order valence-electron chi connectivity index (χ3n) is 5.95.